The van der Waals surface area contributed by atoms with Crippen LogP contribution < -0.4 is 4.74 Å². The van der Waals surface area contributed by atoms with E-state index in [4.69, 9.17) is 5.53 Å². The summed E-state index contributed by atoms with van der Waals surface area (Å²) in [7, 11) is 0. The van der Waals surface area contributed by atoms with Gasteiger partial charge in [0.15, 0.2) is 0 Å². The molecule has 0 atom stereocenters. The van der Waals surface area contributed by atoms with E-state index < -0.39 is 12.1 Å². The Morgan fingerprint density at radius 2 is 1.75 bits per heavy atom. The van der Waals surface area contributed by atoms with Crippen LogP contribution in [0.1, 0.15) is 0 Å². The quantitative estimate of drug-likeness (QED) is 0.413. The summed E-state index contributed by atoms with van der Waals surface area (Å²) < 4.78 is 39.8. The Morgan fingerprint density at radius 1 is 1.25 bits per heavy atom. The molecule has 0 fully saturated rings. The molecule has 0 amide bonds. The van der Waals surface area contributed by atoms with Crippen LogP contribution in [-0.4, -0.2) is 6.36 Å². The van der Waals surface area contributed by atoms with Crippen molar-refractivity contribution in [3.8, 4) is 5.75 Å². The third-order valence-electron chi connectivity index (χ3n) is 1.37. The minimum Gasteiger partial charge on any atom is -0.406 e. The van der Waals surface area contributed by atoms with Crippen LogP contribution in [-0.2, 0) is 0 Å². The van der Waals surface area contributed by atoms with E-state index in [0.29, 0.717) is 0 Å². The van der Waals surface area contributed by atoms with Crippen LogP contribution in [0.3, 0.4) is 0 Å². The van der Waals surface area contributed by atoms with Crippen LogP contribution in [0.2, 0.25) is 0 Å². The second kappa shape index (κ2) is 4.94. The van der Waals surface area contributed by atoms with Gasteiger partial charge in [0, 0.05) is 13.9 Å². The van der Waals surface area contributed by atoms with Gasteiger partial charge < -0.3 is 4.74 Å². The lowest BCUT2D eigenvalue weighted by molar-refractivity contribution is -0.274. The van der Waals surface area contributed by atoms with E-state index in [1.165, 1.54) is 0 Å². The summed E-state index contributed by atoms with van der Waals surface area (Å²) in [6.45, 7) is 0. The van der Waals surface area contributed by atoms with Gasteiger partial charge in [-0.1, -0.05) is 37.0 Å². The van der Waals surface area contributed by atoms with Crippen LogP contribution in [0.25, 0.3) is 10.4 Å². The third-order valence-corrected chi connectivity index (χ3v) is 2.58. The summed E-state index contributed by atoms with van der Waals surface area (Å²) >= 11 is 5.93. The zero-order valence-electron chi connectivity index (χ0n) is 7.29. The normalized spacial score (nSPS) is 10.8. The first kappa shape index (κ1) is 13.1. The highest BCUT2D eigenvalue weighted by molar-refractivity contribution is 9.11. The molecule has 0 saturated heterocycles. The van der Waals surface area contributed by atoms with Gasteiger partial charge in [-0.15, -0.1) is 13.2 Å². The van der Waals surface area contributed by atoms with Gasteiger partial charge >= 0.3 is 6.36 Å². The molecule has 1 aromatic carbocycles. The van der Waals surface area contributed by atoms with Crippen LogP contribution in [0.5, 0.6) is 5.75 Å². The lowest BCUT2D eigenvalue weighted by atomic mass is 10.3. The van der Waals surface area contributed by atoms with Gasteiger partial charge in [0.25, 0.3) is 0 Å². The Labute approximate surface area is 104 Å². The molecule has 16 heavy (non-hydrogen) atoms. The molecule has 9 heteroatoms. The van der Waals surface area contributed by atoms with Gasteiger partial charge in [-0.05, 0) is 17.7 Å². The minimum atomic E-state index is -4.76. The number of ether oxygens (including phenoxy) is 1. The standard InChI is InChI=1S/C7H2Br2F3N3O/c8-4-1-3(16-7(10,11)12)2-5(9)6(4)14-15-13/h1-2H. The molecular formula is C7H2Br2F3N3O. The van der Waals surface area contributed by atoms with Crippen molar-refractivity contribution in [1.82, 2.24) is 0 Å². The van der Waals surface area contributed by atoms with Gasteiger partial charge in [-0.3, -0.25) is 0 Å². The second-order valence-corrected chi connectivity index (χ2v) is 4.18. The number of benzene rings is 1. The zero-order chi connectivity index (χ0) is 12.3. The Balaban J connectivity index is 3.14. The number of rotatable bonds is 2. The maximum absolute atomic E-state index is 11.9. The van der Waals surface area contributed by atoms with Crippen molar-refractivity contribution in [2.45, 2.75) is 6.36 Å². The van der Waals surface area contributed by atoms with Gasteiger partial charge in [0.2, 0.25) is 0 Å². The first-order valence-corrected chi connectivity index (χ1v) is 5.22. The summed E-state index contributed by atoms with van der Waals surface area (Å²) in [4.78, 5) is 2.53. The van der Waals surface area contributed by atoms with Crippen molar-refractivity contribution in [1.29, 1.82) is 0 Å². The van der Waals surface area contributed by atoms with Crippen molar-refractivity contribution in [2.75, 3.05) is 0 Å². The van der Waals surface area contributed by atoms with E-state index in [2.05, 4.69) is 46.6 Å². The van der Waals surface area contributed by atoms with E-state index >= 15 is 0 Å². The second-order valence-electron chi connectivity index (χ2n) is 2.47. The van der Waals surface area contributed by atoms with Crippen molar-refractivity contribution in [3.63, 3.8) is 0 Å². The molecule has 0 N–H and O–H groups in total. The number of alkyl halides is 3. The summed E-state index contributed by atoms with van der Waals surface area (Å²) in [6, 6.07) is 2.12. The lowest BCUT2D eigenvalue weighted by Crippen LogP contribution is -2.17. The number of hydrogen-bond donors (Lipinski definition) is 0. The number of halogens is 5. The van der Waals surface area contributed by atoms with Crippen molar-refractivity contribution in [2.24, 2.45) is 5.11 Å². The fourth-order valence-corrected chi connectivity index (χ4v) is 2.18. The van der Waals surface area contributed by atoms with Crippen molar-refractivity contribution < 1.29 is 17.9 Å². The van der Waals surface area contributed by atoms with Crippen molar-refractivity contribution in [3.05, 3.63) is 31.5 Å². The van der Waals surface area contributed by atoms with Crippen molar-refractivity contribution >= 4 is 37.5 Å². The Kier molecular flexibility index (Phi) is 4.06. The topological polar surface area (TPSA) is 58.0 Å². The molecule has 0 spiro atoms. The molecule has 0 aliphatic heterocycles. The maximum Gasteiger partial charge on any atom is 0.573 e. The molecular weight excluding hydrogens is 359 g/mol. The summed E-state index contributed by atoms with van der Waals surface area (Å²) in [5, 5.41) is 3.29. The highest BCUT2D eigenvalue weighted by atomic mass is 79.9. The average Bonchev–Trinajstić information content (AvgIpc) is 2.08. The van der Waals surface area contributed by atoms with E-state index in [-0.39, 0.29) is 14.6 Å². The van der Waals surface area contributed by atoms with Crippen LogP contribution >= 0.6 is 31.9 Å². The minimum absolute atomic E-state index is 0.150. The van der Waals surface area contributed by atoms with E-state index in [0.717, 1.165) is 12.1 Å². The zero-order valence-corrected chi connectivity index (χ0v) is 10.5. The molecule has 0 aliphatic rings. The summed E-state index contributed by atoms with van der Waals surface area (Å²) in [6.07, 6.45) is -4.76. The molecule has 0 bridgehead atoms. The van der Waals surface area contributed by atoms with E-state index in [1.54, 1.807) is 0 Å². The monoisotopic (exact) mass is 359 g/mol. The summed E-state index contributed by atoms with van der Waals surface area (Å²) in [5.74, 6) is -0.414. The lowest BCUT2D eigenvalue weighted by Gasteiger charge is -2.10. The number of hydrogen-bond acceptors (Lipinski definition) is 2. The van der Waals surface area contributed by atoms with Crippen LogP contribution in [0.4, 0.5) is 18.9 Å². The average molecular weight is 361 g/mol. The predicted octanol–water partition coefficient (Wildman–Crippen LogP) is 5.05. The van der Waals surface area contributed by atoms with Crippen LogP contribution in [0, 0.1) is 0 Å². The highest BCUT2D eigenvalue weighted by Gasteiger charge is 2.31. The SMILES string of the molecule is [N-]=[N+]=Nc1c(Br)cc(OC(F)(F)F)cc1Br. The molecule has 0 heterocycles. The van der Waals surface area contributed by atoms with Gasteiger partial charge in [-0.25, -0.2) is 0 Å². The number of nitrogens with zero attached hydrogens (tertiary/aromatic N) is 3. The van der Waals surface area contributed by atoms with Gasteiger partial charge in [0.05, 0.1) is 5.69 Å². The largest absolute Gasteiger partial charge is 0.573 e. The molecule has 0 aliphatic carbocycles. The van der Waals surface area contributed by atoms with Gasteiger partial charge in [-0.2, -0.15) is 0 Å². The molecule has 0 radical (unpaired) electrons. The highest BCUT2D eigenvalue weighted by Crippen LogP contribution is 2.38. The molecule has 0 saturated carbocycles. The third kappa shape index (κ3) is 3.58. The summed E-state index contributed by atoms with van der Waals surface area (Å²) in [5.41, 5.74) is 8.38. The predicted molar refractivity (Wildman–Crippen MR) is 57.3 cm³/mol. The van der Waals surface area contributed by atoms with E-state index in [1.807, 2.05) is 0 Å². The first-order chi connectivity index (χ1) is 7.33. The Bertz CT molecular complexity index is 434. The molecule has 4 nitrogen and oxygen atoms in total. The maximum atomic E-state index is 11.9. The molecule has 0 aromatic heterocycles. The Hall–Kier alpha value is -0.920. The fraction of sp³-hybridized carbons (Fsp3) is 0.143. The molecule has 1 aromatic rings. The van der Waals surface area contributed by atoms with E-state index in [9.17, 15) is 13.2 Å². The number of azide groups is 1. The smallest absolute Gasteiger partial charge is 0.406 e. The molecule has 1 rings (SSSR count). The molecule has 0 unspecified atom stereocenters. The first-order valence-electron chi connectivity index (χ1n) is 3.63. The fourth-order valence-electron chi connectivity index (χ4n) is 0.875. The van der Waals surface area contributed by atoms with Gasteiger partial charge in [0.1, 0.15) is 5.75 Å². The Morgan fingerprint density at radius 3 is 2.12 bits per heavy atom. The van der Waals surface area contributed by atoms with Crippen LogP contribution in [0.15, 0.2) is 26.2 Å². The molecule has 86 valence electrons.